The molecule has 0 bridgehead atoms. The van der Waals surface area contributed by atoms with Crippen LogP contribution in [0.25, 0.3) is 11.5 Å². The van der Waals surface area contributed by atoms with Crippen molar-refractivity contribution in [3.63, 3.8) is 0 Å². The zero-order valence-corrected chi connectivity index (χ0v) is 23.3. The fourth-order valence-corrected chi connectivity index (χ4v) is 10.1. The molecule has 3 nitrogen and oxygen atoms in total. The Morgan fingerprint density at radius 1 is 0.658 bits per heavy atom. The van der Waals surface area contributed by atoms with Crippen molar-refractivity contribution in [2.45, 2.75) is 19.3 Å². The van der Waals surface area contributed by atoms with Crippen LogP contribution in [0.3, 0.4) is 0 Å². The summed E-state index contributed by atoms with van der Waals surface area (Å²) in [6.45, 7) is 1.88. The van der Waals surface area contributed by atoms with E-state index in [-0.39, 0.29) is 0 Å². The number of hydrogen-bond acceptors (Lipinski definition) is 3. The number of piperidine rings is 1. The average molecular weight is 558 g/mol. The van der Waals surface area contributed by atoms with Gasteiger partial charge in [0.05, 0.1) is 10.6 Å². The van der Waals surface area contributed by atoms with Crippen LogP contribution in [-0.4, -0.2) is 18.1 Å². The molecule has 1 fully saturated rings. The molecular weight excluding hydrogens is 530 g/mol. The third kappa shape index (κ3) is 4.54. The predicted octanol–water partition coefficient (Wildman–Crippen LogP) is 7.26. The van der Waals surface area contributed by atoms with Crippen molar-refractivity contribution in [3.05, 3.63) is 119 Å². The van der Waals surface area contributed by atoms with E-state index in [0.717, 1.165) is 42.8 Å². The van der Waals surface area contributed by atoms with Gasteiger partial charge in [-0.15, -0.1) is 0 Å². The third-order valence-corrected chi connectivity index (χ3v) is 11.8. The van der Waals surface area contributed by atoms with Gasteiger partial charge in [0.2, 0.25) is 5.89 Å². The Bertz CT molecular complexity index is 1420. The van der Waals surface area contributed by atoms with E-state index in [2.05, 4.69) is 95.9 Å². The fourth-order valence-electron chi connectivity index (χ4n) is 5.37. The van der Waals surface area contributed by atoms with Crippen LogP contribution in [0.5, 0.6) is 0 Å². The SMILES string of the molecule is Clc1ccc(-c2nc([P+](c3ccccc3)(c3ccccc3)c3ccccc3)c(N3CCCCC3)o2)c(Cl)c1. The number of oxazole rings is 1. The van der Waals surface area contributed by atoms with Gasteiger partial charge in [0, 0.05) is 18.1 Å². The van der Waals surface area contributed by atoms with Gasteiger partial charge in [-0.3, -0.25) is 0 Å². The zero-order valence-electron chi connectivity index (χ0n) is 20.9. The molecule has 5 aromatic rings. The van der Waals surface area contributed by atoms with Crippen LogP contribution in [-0.2, 0) is 0 Å². The maximum atomic E-state index is 6.75. The highest BCUT2D eigenvalue weighted by atomic mass is 35.5. The number of halogens is 2. The van der Waals surface area contributed by atoms with E-state index in [1.807, 2.05) is 12.1 Å². The Morgan fingerprint density at radius 2 is 1.18 bits per heavy atom. The minimum Gasteiger partial charge on any atom is -0.416 e. The van der Waals surface area contributed by atoms with Crippen LogP contribution in [0, 0.1) is 0 Å². The molecule has 38 heavy (non-hydrogen) atoms. The monoisotopic (exact) mass is 557 g/mol. The van der Waals surface area contributed by atoms with Gasteiger partial charge >= 0.3 is 0 Å². The summed E-state index contributed by atoms with van der Waals surface area (Å²) in [4.78, 5) is 7.74. The first-order valence-electron chi connectivity index (χ1n) is 13.0. The van der Waals surface area contributed by atoms with Crippen LogP contribution in [0.15, 0.2) is 114 Å². The second kappa shape index (κ2) is 10.9. The highest BCUT2D eigenvalue weighted by Gasteiger charge is 2.53. The van der Waals surface area contributed by atoms with Crippen molar-refractivity contribution in [2.75, 3.05) is 18.0 Å². The van der Waals surface area contributed by atoms with Crippen LogP contribution in [0.4, 0.5) is 5.88 Å². The smallest absolute Gasteiger partial charge is 0.262 e. The van der Waals surface area contributed by atoms with Gasteiger partial charge in [0.25, 0.3) is 11.3 Å². The molecule has 0 atom stereocenters. The maximum absolute atomic E-state index is 6.75. The molecule has 0 unspecified atom stereocenters. The van der Waals surface area contributed by atoms with E-state index in [1.165, 1.54) is 22.3 Å². The quantitative estimate of drug-likeness (QED) is 0.206. The topological polar surface area (TPSA) is 29.3 Å². The largest absolute Gasteiger partial charge is 0.416 e. The molecule has 190 valence electrons. The summed E-state index contributed by atoms with van der Waals surface area (Å²) in [6, 6.07) is 37.8. The third-order valence-electron chi connectivity index (χ3n) is 7.15. The molecule has 0 aliphatic carbocycles. The van der Waals surface area contributed by atoms with Gasteiger partial charge in [-0.25, -0.2) is 0 Å². The first-order chi connectivity index (χ1) is 18.7. The molecule has 0 spiro atoms. The van der Waals surface area contributed by atoms with E-state index < -0.39 is 7.26 Å². The second-order valence-electron chi connectivity index (χ2n) is 9.50. The number of benzene rings is 4. The molecule has 0 amide bonds. The van der Waals surface area contributed by atoms with Gasteiger partial charge in [-0.05, 0) is 73.9 Å². The first kappa shape index (κ1) is 25.2. The van der Waals surface area contributed by atoms with Crippen LogP contribution in [0.1, 0.15) is 19.3 Å². The summed E-state index contributed by atoms with van der Waals surface area (Å²) in [5, 5.41) is 4.81. The molecule has 2 heterocycles. The lowest BCUT2D eigenvalue weighted by molar-refractivity contribution is 0.506. The van der Waals surface area contributed by atoms with Crippen LogP contribution < -0.4 is 26.2 Å². The molecule has 6 rings (SSSR count). The van der Waals surface area contributed by atoms with Gasteiger partial charge in [-0.2, -0.15) is 4.98 Å². The van der Waals surface area contributed by atoms with E-state index in [0.29, 0.717) is 15.9 Å². The van der Waals surface area contributed by atoms with Crippen LogP contribution in [0.2, 0.25) is 10.0 Å². The van der Waals surface area contributed by atoms with Crippen molar-refractivity contribution in [1.82, 2.24) is 4.98 Å². The van der Waals surface area contributed by atoms with Gasteiger partial charge < -0.3 is 9.32 Å². The van der Waals surface area contributed by atoms with Gasteiger partial charge in [-0.1, -0.05) is 77.8 Å². The summed E-state index contributed by atoms with van der Waals surface area (Å²) in [6.07, 6.45) is 3.49. The van der Waals surface area contributed by atoms with Gasteiger partial charge in [0.15, 0.2) is 7.26 Å². The minimum absolute atomic E-state index is 0.523. The lowest BCUT2D eigenvalue weighted by atomic mass is 10.1. The number of anilines is 1. The standard InChI is InChI=1S/C32H28Cl2N2OP/c33-24-19-20-28(29(34)23-24)30-35-31(32(37-30)36-21-11-4-12-22-36)38(25-13-5-1-6-14-25,26-15-7-2-8-16-26)27-17-9-3-10-18-27/h1-3,5-10,13-20,23H,4,11-12,21-22H2/q+1. The van der Waals surface area contributed by atoms with Crippen molar-refractivity contribution < 1.29 is 4.42 Å². The highest BCUT2D eigenvalue weighted by molar-refractivity contribution is 8.01. The normalized spacial score (nSPS) is 14.0. The van der Waals surface area contributed by atoms with E-state index >= 15 is 0 Å². The molecule has 1 aromatic heterocycles. The van der Waals surface area contributed by atoms with E-state index in [4.69, 9.17) is 32.6 Å². The summed E-state index contributed by atoms with van der Waals surface area (Å²) in [5.41, 5.74) is 1.72. The van der Waals surface area contributed by atoms with Crippen molar-refractivity contribution in [2.24, 2.45) is 0 Å². The number of aromatic nitrogens is 1. The molecule has 1 aliphatic rings. The van der Waals surface area contributed by atoms with Crippen LogP contribution >= 0.6 is 30.5 Å². The fraction of sp³-hybridized carbons (Fsp3) is 0.156. The Hall–Kier alpha value is -3.10. The van der Waals surface area contributed by atoms with Crippen molar-refractivity contribution >= 4 is 57.7 Å². The zero-order chi connectivity index (χ0) is 26.0. The molecule has 1 saturated heterocycles. The maximum Gasteiger partial charge on any atom is 0.262 e. The molecule has 0 saturated carbocycles. The van der Waals surface area contributed by atoms with Crippen molar-refractivity contribution in [1.29, 1.82) is 0 Å². The minimum atomic E-state index is -2.45. The number of hydrogen-bond donors (Lipinski definition) is 0. The van der Waals surface area contributed by atoms with E-state index in [1.54, 1.807) is 6.07 Å². The Balaban J connectivity index is 1.71. The number of rotatable bonds is 6. The lowest BCUT2D eigenvalue weighted by Gasteiger charge is -2.30. The first-order valence-corrected chi connectivity index (χ1v) is 15.5. The Labute approximate surface area is 234 Å². The summed E-state index contributed by atoms with van der Waals surface area (Å²) in [5.74, 6) is 1.37. The molecule has 1 aliphatic heterocycles. The second-order valence-corrected chi connectivity index (χ2v) is 13.7. The predicted molar refractivity (Wildman–Crippen MR) is 163 cm³/mol. The average Bonchev–Trinajstić information content (AvgIpc) is 3.41. The number of nitrogens with zero attached hydrogens (tertiary/aromatic N) is 2. The highest BCUT2D eigenvalue weighted by Crippen LogP contribution is 2.56. The lowest BCUT2D eigenvalue weighted by Crippen LogP contribution is -2.42. The van der Waals surface area contributed by atoms with Gasteiger partial charge in [0.1, 0.15) is 15.9 Å². The summed E-state index contributed by atoms with van der Waals surface area (Å²) < 4.78 is 6.75. The molecule has 0 radical (unpaired) electrons. The molecule has 6 heteroatoms. The van der Waals surface area contributed by atoms with E-state index in [9.17, 15) is 0 Å². The Kier molecular flexibility index (Phi) is 7.26. The summed E-state index contributed by atoms with van der Waals surface area (Å²) >= 11 is 12.9. The molecule has 4 aromatic carbocycles. The summed E-state index contributed by atoms with van der Waals surface area (Å²) in [7, 11) is -2.45. The molecular formula is C32H28Cl2N2OP+. The Morgan fingerprint density at radius 3 is 1.68 bits per heavy atom. The van der Waals surface area contributed by atoms with Crippen molar-refractivity contribution in [3.8, 4) is 11.5 Å². The molecule has 0 N–H and O–H groups in total.